The van der Waals surface area contributed by atoms with Crippen LogP contribution in [0.15, 0.2) is 11.6 Å². The Morgan fingerprint density at radius 2 is 2.29 bits per heavy atom. The zero-order valence-electron chi connectivity index (χ0n) is 12.5. The maximum Gasteiger partial charge on any atom is 0.273 e. The Morgan fingerprint density at radius 3 is 2.95 bits per heavy atom. The molecule has 0 aromatic carbocycles. The van der Waals surface area contributed by atoms with E-state index in [0.717, 1.165) is 24.8 Å². The number of hydrogen-bond acceptors (Lipinski definition) is 5. The lowest BCUT2D eigenvalue weighted by molar-refractivity contribution is 0.0927. The fraction of sp³-hybridized carbons (Fsp3) is 0.571. The predicted octanol–water partition coefficient (Wildman–Crippen LogP) is 2.30. The van der Waals surface area contributed by atoms with Gasteiger partial charge in [0.05, 0.1) is 17.8 Å². The SMILES string of the molecule is CC(C)(C)n1ncc2c1CCC[C@@H]2NC(=O)c1csnn1. The largest absolute Gasteiger partial charge is 0.344 e. The van der Waals surface area contributed by atoms with Crippen molar-refractivity contribution < 1.29 is 4.79 Å². The topological polar surface area (TPSA) is 72.7 Å². The Balaban J connectivity index is 1.85. The zero-order chi connectivity index (χ0) is 15.0. The average Bonchev–Trinajstić information content (AvgIpc) is 3.07. The lowest BCUT2D eigenvalue weighted by Crippen LogP contribution is -2.32. The van der Waals surface area contributed by atoms with Crippen molar-refractivity contribution in [3.63, 3.8) is 0 Å². The van der Waals surface area contributed by atoms with Gasteiger partial charge in [0.15, 0.2) is 5.69 Å². The minimum absolute atomic E-state index is 0.0130. The van der Waals surface area contributed by atoms with Crippen molar-refractivity contribution in [2.75, 3.05) is 0 Å². The molecule has 2 aromatic rings. The highest BCUT2D eigenvalue weighted by Gasteiger charge is 2.29. The molecule has 1 atom stereocenters. The first-order chi connectivity index (χ1) is 9.97. The number of carbonyl (C=O) groups excluding carboxylic acids is 1. The van der Waals surface area contributed by atoms with Crippen molar-refractivity contribution in [1.82, 2.24) is 24.7 Å². The van der Waals surface area contributed by atoms with Gasteiger partial charge < -0.3 is 5.32 Å². The van der Waals surface area contributed by atoms with Crippen LogP contribution in [0.1, 0.15) is 61.4 Å². The summed E-state index contributed by atoms with van der Waals surface area (Å²) in [5.41, 5.74) is 2.71. The van der Waals surface area contributed by atoms with E-state index >= 15 is 0 Å². The van der Waals surface area contributed by atoms with E-state index < -0.39 is 0 Å². The van der Waals surface area contributed by atoms with E-state index in [9.17, 15) is 4.79 Å². The van der Waals surface area contributed by atoms with Crippen molar-refractivity contribution >= 4 is 17.4 Å². The van der Waals surface area contributed by atoms with Gasteiger partial charge in [0.25, 0.3) is 5.91 Å². The van der Waals surface area contributed by atoms with Gasteiger partial charge in [-0.1, -0.05) is 4.49 Å². The molecule has 1 aliphatic rings. The number of hydrogen-bond donors (Lipinski definition) is 1. The number of nitrogens with one attached hydrogen (secondary N) is 1. The molecule has 2 aromatic heterocycles. The fourth-order valence-electron chi connectivity index (χ4n) is 2.78. The minimum Gasteiger partial charge on any atom is -0.344 e. The predicted molar refractivity (Wildman–Crippen MR) is 80.3 cm³/mol. The van der Waals surface area contributed by atoms with Crippen LogP contribution in [0.25, 0.3) is 0 Å². The second-order valence-electron chi connectivity index (χ2n) is 6.34. The maximum atomic E-state index is 12.2. The van der Waals surface area contributed by atoms with Crippen molar-refractivity contribution in [3.05, 3.63) is 28.5 Å². The van der Waals surface area contributed by atoms with Gasteiger partial charge in [-0.2, -0.15) is 5.10 Å². The summed E-state index contributed by atoms with van der Waals surface area (Å²) >= 11 is 1.18. The normalized spacial score (nSPS) is 18.3. The van der Waals surface area contributed by atoms with Crippen LogP contribution in [0.3, 0.4) is 0 Å². The first kappa shape index (κ1) is 14.2. The summed E-state index contributed by atoms with van der Waals surface area (Å²) in [5, 5.41) is 13.1. The molecule has 1 amide bonds. The number of carbonyl (C=O) groups is 1. The van der Waals surface area contributed by atoms with Gasteiger partial charge in [0, 0.05) is 16.6 Å². The molecule has 0 saturated carbocycles. The summed E-state index contributed by atoms with van der Waals surface area (Å²) in [4.78, 5) is 12.2. The Hall–Kier alpha value is -1.76. The molecular weight excluding hydrogens is 286 g/mol. The molecular formula is C14H19N5OS. The van der Waals surface area contributed by atoms with Crippen LogP contribution >= 0.6 is 11.5 Å². The maximum absolute atomic E-state index is 12.2. The third-order valence-electron chi connectivity index (χ3n) is 3.72. The highest BCUT2D eigenvalue weighted by molar-refractivity contribution is 7.03. The van der Waals surface area contributed by atoms with Crippen LogP contribution in [0, 0.1) is 0 Å². The van der Waals surface area contributed by atoms with Crippen LogP contribution in [-0.4, -0.2) is 25.3 Å². The van der Waals surface area contributed by atoms with Gasteiger partial charge in [0.1, 0.15) is 0 Å². The van der Waals surface area contributed by atoms with Crippen LogP contribution < -0.4 is 5.32 Å². The summed E-state index contributed by atoms with van der Waals surface area (Å²) in [5.74, 6) is -0.162. The molecule has 0 unspecified atom stereocenters. The van der Waals surface area contributed by atoms with E-state index in [0.29, 0.717) is 5.69 Å². The number of rotatable bonds is 2. The third-order valence-corrected chi connectivity index (χ3v) is 4.22. The standard InChI is InChI=1S/C14H19N5OS/c1-14(2,3)19-12-6-4-5-10(9(12)7-15-19)16-13(20)11-8-21-18-17-11/h7-8,10H,4-6H2,1-3H3,(H,16,20)/t10-/m0/s1. The van der Waals surface area contributed by atoms with Crippen LogP contribution in [0.5, 0.6) is 0 Å². The summed E-state index contributed by atoms with van der Waals surface area (Å²) < 4.78 is 5.81. The van der Waals surface area contributed by atoms with E-state index in [1.54, 1.807) is 5.38 Å². The van der Waals surface area contributed by atoms with E-state index in [1.807, 2.05) is 6.20 Å². The van der Waals surface area contributed by atoms with Crippen molar-refractivity contribution in [2.24, 2.45) is 0 Å². The lowest BCUT2D eigenvalue weighted by Gasteiger charge is -2.28. The molecule has 1 aliphatic carbocycles. The molecule has 112 valence electrons. The quantitative estimate of drug-likeness (QED) is 0.924. The third kappa shape index (κ3) is 2.70. The Kier molecular flexibility index (Phi) is 3.52. The smallest absolute Gasteiger partial charge is 0.273 e. The number of fused-ring (bicyclic) bond motifs is 1. The summed E-state index contributed by atoms with van der Waals surface area (Å²) in [6, 6.07) is 0.0130. The number of nitrogens with zero attached hydrogens (tertiary/aromatic N) is 4. The summed E-state index contributed by atoms with van der Waals surface area (Å²) in [6.07, 6.45) is 4.89. The van der Waals surface area contributed by atoms with Crippen molar-refractivity contribution in [2.45, 2.75) is 51.6 Å². The zero-order valence-corrected chi connectivity index (χ0v) is 13.3. The summed E-state index contributed by atoms with van der Waals surface area (Å²) in [7, 11) is 0. The molecule has 7 heteroatoms. The second kappa shape index (κ2) is 5.22. The van der Waals surface area contributed by atoms with Gasteiger partial charge >= 0.3 is 0 Å². The van der Waals surface area contributed by atoms with Gasteiger partial charge in [-0.25, -0.2) is 0 Å². The molecule has 21 heavy (non-hydrogen) atoms. The number of amides is 1. The summed E-state index contributed by atoms with van der Waals surface area (Å²) in [6.45, 7) is 6.43. The van der Waals surface area contributed by atoms with E-state index in [-0.39, 0.29) is 17.5 Å². The van der Waals surface area contributed by atoms with Crippen LogP contribution in [0.2, 0.25) is 0 Å². The Morgan fingerprint density at radius 1 is 1.48 bits per heavy atom. The first-order valence-corrected chi connectivity index (χ1v) is 7.95. The Bertz CT molecular complexity index is 641. The molecule has 2 heterocycles. The molecule has 0 radical (unpaired) electrons. The average molecular weight is 305 g/mol. The minimum atomic E-state index is -0.162. The van der Waals surface area contributed by atoms with Crippen LogP contribution in [-0.2, 0) is 12.0 Å². The van der Waals surface area contributed by atoms with Crippen molar-refractivity contribution in [3.8, 4) is 0 Å². The molecule has 6 nitrogen and oxygen atoms in total. The van der Waals surface area contributed by atoms with Crippen LogP contribution in [0.4, 0.5) is 0 Å². The highest BCUT2D eigenvalue weighted by Crippen LogP contribution is 2.32. The molecule has 1 N–H and O–H groups in total. The Labute approximate surface area is 127 Å². The molecule has 0 saturated heterocycles. The van der Waals surface area contributed by atoms with Crippen molar-refractivity contribution in [1.29, 1.82) is 0 Å². The number of aromatic nitrogens is 4. The van der Waals surface area contributed by atoms with Gasteiger partial charge in [-0.15, -0.1) is 5.10 Å². The molecule has 0 fully saturated rings. The molecule has 0 aliphatic heterocycles. The molecule has 0 bridgehead atoms. The highest BCUT2D eigenvalue weighted by atomic mass is 32.1. The fourth-order valence-corrected chi connectivity index (χ4v) is 3.22. The first-order valence-electron chi connectivity index (χ1n) is 7.12. The molecule has 3 rings (SSSR count). The van der Waals surface area contributed by atoms with E-state index in [4.69, 9.17) is 0 Å². The lowest BCUT2D eigenvalue weighted by atomic mass is 9.92. The monoisotopic (exact) mass is 305 g/mol. The second-order valence-corrected chi connectivity index (χ2v) is 6.95. The van der Waals surface area contributed by atoms with E-state index in [1.165, 1.54) is 17.2 Å². The van der Waals surface area contributed by atoms with Gasteiger partial charge in [-0.05, 0) is 51.6 Å². The van der Waals surface area contributed by atoms with E-state index in [2.05, 4.69) is 45.5 Å². The van der Waals surface area contributed by atoms with Gasteiger partial charge in [-0.3, -0.25) is 9.48 Å². The van der Waals surface area contributed by atoms with Gasteiger partial charge in [0.2, 0.25) is 0 Å². The molecule has 0 spiro atoms.